The van der Waals surface area contributed by atoms with Gasteiger partial charge in [0, 0.05) is 18.1 Å². The third kappa shape index (κ3) is 8.24. The van der Waals surface area contributed by atoms with E-state index < -0.39 is 28.5 Å². The maximum Gasteiger partial charge on any atom is 0.264 e. The van der Waals surface area contributed by atoms with E-state index in [4.69, 9.17) is 16.3 Å². The lowest BCUT2D eigenvalue weighted by atomic mass is 10.1. The van der Waals surface area contributed by atoms with E-state index in [0.717, 1.165) is 21.0 Å². The quantitative estimate of drug-likeness (QED) is 0.303. The lowest BCUT2D eigenvalue weighted by Gasteiger charge is -2.32. The fourth-order valence-electron chi connectivity index (χ4n) is 4.13. The van der Waals surface area contributed by atoms with E-state index in [1.54, 1.807) is 31.2 Å². The van der Waals surface area contributed by atoms with Crippen molar-refractivity contribution in [3.8, 4) is 5.75 Å². The van der Waals surface area contributed by atoms with E-state index in [-0.39, 0.29) is 39.7 Å². The first-order valence-corrected chi connectivity index (χ1v) is 15.2. The standard InChI is InChI=1S/C31H38ClN3O5S/c1-21(2)18-33-31(37)24(5)34(19-25-11-7-22(3)8-12-25)30(36)20-35(28-17-26(32)13-16-29(28)40-6)41(38,39)27-14-9-23(4)10-15-27/h7-17,21,24H,18-20H2,1-6H3,(H,33,37). The van der Waals surface area contributed by atoms with Crippen LogP contribution in [0.3, 0.4) is 0 Å². The lowest BCUT2D eigenvalue weighted by Crippen LogP contribution is -2.51. The summed E-state index contributed by atoms with van der Waals surface area (Å²) in [6, 6.07) is 17.7. The molecule has 10 heteroatoms. The highest BCUT2D eigenvalue weighted by Crippen LogP contribution is 2.35. The van der Waals surface area contributed by atoms with Crippen molar-refractivity contribution in [2.75, 3.05) is 24.5 Å². The van der Waals surface area contributed by atoms with Gasteiger partial charge in [-0.15, -0.1) is 0 Å². The van der Waals surface area contributed by atoms with Crippen molar-refractivity contribution in [1.29, 1.82) is 0 Å². The number of rotatable bonds is 12. The number of nitrogens with one attached hydrogen (secondary N) is 1. The zero-order valence-corrected chi connectivity index (χ0v) is 25.9. The number of benzene rings is 3. The first-order valence-electron chi connectivity index (χ1n) is 13.4. The molecule has 1 N–H and O–H groups in total. The molecule has 0 aromatic heterocycles. The summed E-state index contributed by atoms with van der Waals surface area (Å²) in [5.41, 5.74) is 2.86. The van der Waals surface area contributed by atoms with Gasteiger partial charge >= 0.3 is 0 Å². The Morgan fingerprint density at radius 2 is 1.51 bits per heavy atom. The van der Waals surface area contributed by atoms with Crippen LogP contribution in [0.25, 0.3) is 0 Å². The minimum Gasteiger partial charge on any atom is -0.495 e. The van der Waals surface area contributed by atoms with Gasteiger partial charge < -0.3 is 15.0 Å². The molecule has 0 fully saturated rings. The van der Waals surface area contributed by atoms with Crippen LogP contribution in [0.15, 0.2) is 71.6 Å². The number of carbonyl (C=O) groups excluding carboxylic acids is 2. The summed E-state index contributed by atoms with van der Waals surface area (Å²) in [6.45, 7) is 9.39. The van der Waals surface area contributed by atoms with Gasteiger partial charge in [-0.05, 0) is 62.6 Å². The summed E-state index contributed by atoms with van der Waals surface area (Å²) in [5, 5.41) is 3.16. The van der Waals surface area contributed by atoms with Crippen molar-refractivity contribution < 1.29 is 22.7 Å². The highest BCUT2D eigenvalue weighted by molar-refractivity contribution is 7.92. The summed E-state index contributed by atoms with van der Waals surface area (Å²) in [7, 11) is -2.84. The van der Waals surface area contributed by atoms with Crippen LogP contribution in [-0.4, -0.2) is 51.4 Å². The Balaban J connectivity index is 2.08. The van der Waals surface area contributed by atoms with E-state index in [1.165, 1.54) is 30.2 Å². The Morgan fingerprint density at radius 3 is 2.07 bits per heavy atom. The Morgan fingerprint density at radius 1 is 0.927 bits per heavy atom. The molecule has 0 aliphatic rings. The molecule has 0 saturated carbocycles. The lowest BCUT2D eigenvalue weighted by molar-refractivity contribution is -0.139. The number of nitrogens with zero attached hydrogens (tertiary/aromatic N) is 2. The largest absolute Gasteiger partial charge is 0.495 e. The Kier molecular flexibility index (Phi) is 10.8. The van der Waals surface area contributed by atoms with Gasteiger partial charge in [-0.25, -0.2) is 8.42 Å². The van der Waals surface area contributed by atoms with Gasteiger partial charge in [0.05, 0.1) is 17.7 Å². The molecular formula is C31H38ClN3O5S. The predicted molar refractivity (Wildman–Crippen MR) is 163 cm³/mol. The van der Waals surface area contributed by atoms with Crippen molar-refractivity contribution in [1.82, 2.24) is 10.2 Å². The van der Waals surface area contributed by atoms with Gasteiger partial charge in [-0.2, -0.15) is 0 Å². The number of hydrogen-bond acceptors (Lipinski definition) is 5. The number of hydrogen-bond donors (Lipinski definition) is 1. The fraction of sp³-hybridized carbons (Fsp3) is 0.355. The first kappa shape index (κ1) is 32.0. The van der Waals surface area contributed by atoms with Crippen LogP contribution >= 0.6 is 11.6 Å². The van der Waals surface area contributed by atoms with Crippen molar-refractivity contribution in [2.45, 2.75) is 52.1 Å². The second kappa shape index (κ2) is 13.9. The molecule has 3 aromatic carbocycles. The van der Waals surface area contributed by atoms with Crippen molar-refractivity contribution in [3.05, 3.63) is 88.4 Å². The van der Waals surface area contributed by atoms with Crippen LogP contribution in [0, 0.1) is 19.8 Å². The smallest absolute Gasteiger partial charge is 0.264 e. The van der Waals surface area contributed by atoms with Gasteiger partial charge in [-0.1, -0.05) is 73.0 Å². The minimum absolute atomic E-state index is 0.00531. The van der Waals surface area contributed by atoms with E-state index in [9.17, 15) is 18.0 Å². The highest BCUT2D eigenvalue weighted by Gasteiger charge is 2.34. The minimum atomic E-state index is -4.25. The molecule has 8 nitrogen and oxygen atoms in total. The van der Waals surface area contributed by atoms with Gasteiger partial charge in [0.25, 0.3) is 10.0 Å². The average molecular weight is 600 g/mol. The maximum absolute atomic E-state index is 14.1. The SMILES string of the molecule is COc1ccc(Cl)cc1N(CC(=O)N(Cc1ccc(C)cc1)C(C)C(=O)NCC(C)C)S(=O)(=O)c1ccc(C)cc1. The Bertz CT molecular complexity index is 1460. The molecular weight excluding hydrogens is 562 g/mol. The molecule has 3 aromatic rings. The van der Waals surface area contributed by atoms with Gasteiger partial charge in [-0.3, -0.25) is 13.9 Å². The Hall–Kier alpha value is -3.56. The zero-order chi connectivity index (χ0) is 30.3. The number of methoxy groups -OCH3 is 1. The molecule has 0 aliphatic heterocycles. The molecule has 2 amide bonds. The normalized spacial score (nSPS) is 12.1. The molecule has 0 saturated heterocycles. The number of ether oxygens (including phenoxy) is 1. The molecule has 0 spiro atoms. The number of sulfonamides is 1. The molecule has 0 heterocycles. The molecule has 220 valence electrons. The molecule has 3 rings (SSSR count). The van der Waals surface area contributed by atoms with Crippen LogP contribution in [0.4, 0.5) is 5.69 Å². The summed E-state index contributed by atoms with van der Waals surface area (Å²) in [4.78, 5) is 28.6. The third-order valence-electron chi connectivity index (χ3n) is 6.62. The van der Waals surface area contributed by atoms with E-state index >= 15 is 0 Å². The fourth-order valence-corrected chi connectivity index (χ4v) is 5.72. The van der Waals surface area contributed by atoms with Crippen molar-refractivity contribution in [2.24, 2.45) is 5.92 Å². The van der Waals surface area contributed by atoms with E-state index in [0.29, 0.717) is 6.54 Å². The zero-order valence-electron chi connectivity index (χ0n) is 24.3. The van der Waals surface area contributed by atoms with Gasteiger partial charge in [0.2, 0.25) is 11.8 Å². The summed E-state index contributed by atoms with van der Waals surface area (Å²) < 4.78 is 34.5. The highest BCUT2D eigenvalue weighted by atomic mass is 35.5. The first-order chi connectivity index (χ1) is 19.3. The van der Waals surface area contributed by atoms with Crippen LogP contribution in [0.5, 0.6) is 5.75 Å². The second-order valence-electron chi connectivity index (χ2n) is 10.5. The summed E-state index contributed by atoms with van der Waals surface area (Å²) in [6.07, 6.45) is 0. The predicted octanol–water partition coefficient (Wildman–Crippen LogP) is 5.35. The Labute approximate surface area is 248 Å². The number of amides is 2. The van der Waals surface area contributed by atoms with Crippen LogP contribution < -0.4 is 14.4 Å². The van der Waals surface area contributed by atoms with Gasteiger partial charge in [0.15, 0.2) is 0 Å². The number of anilines is 1. The molecule has 0 bridgehead atoms. The number of aryl methyl sites for hydroxylation is 2. The van der Waals surface area contributed by atoms with Crippen molar-refractivity contribution >= 4 is 39.1 Å². The molecule has 0 aliphatic carbocycles. The van der Waals surface area contributed by atoms with E-state index in [2.05, 4.69) is 5.32 Å². The van der Waals surface area contributed by atoms with Crippen LogP contribution in [0.2, 0.25) is 5.02 Å². The molecule has 0 radical (unpaired) electrons. The average Bonchev–Trinajstić information content (AvgIpc) is 2.93. The summed E-state index contributed by atoms with van der Waals surface area (Å²) >= 11 is 6.28. The maximum atomic E-state index is 14.1. The molecule has 1 unspecified atom stereocenters. The van der Waals surface area contributed by atoms with E-state index in [1.807, 2.05) is 52.0 Å². The van der Waals surface area contributed by atoms with Crippen LogP contribution in [0.1, 0.15) is 37.5 Å². The van der Waals surface area contributed by atoms with Crippen LogP contribution in [-0.2, 0) is 26.2 Å². The topological polar surface area (TPSA) is 96.0 Å². The summed E-state index contributed by atoms with van der Waals surface area (Å²) in [5.74, 6) is -0.438. The molecule has 1 atom stereocenters. The number of halogens is 1. The third-order valence-corrected chi connectivity index (χ3v) is 8.63. The van der Waals surface area contributed by atoms with Gasteiger partial charge in [0.1, 0.15) is 18.3 Å². The van der Waals surface area contributed by atoms with Crippen molar-refractivity contribution in [3.63, 3.8) is 0 Å². The second-order valence-corrected chi connectivity index (χ2v) is 12.8. The monoisotopic (exact) mass is 599 g/mol. The number of carbonyl (C=O) groups is 2. The molecule has 41 heavy (non-hydrogen) atoms.